The van der Waals surface area contributed by atoms with Crippen LogP contribution < -0.4 is 0 Å². The van der Waals surface area contributed by atoms with E-state index in [1.165, 1.54) is 0 Å². The first-order chi connectivity index (χ1) is 8.36. The minimum atomic E-state index is -0.798. The minimum absolute atomic E-state index is 0.0986. The summed E-state index contributed by atoms with van der Waals surface area (Å²) in [6, 6.07) is 0.344. The summed E-state index contributed by atoms with van der Waals surface area (Å²) in [6.45, 7) is 7.67. The van der Waals surface area contributed by atoms with Crippen molar-refractivity contribution < 1.29 is 14.6 Å². The zero-order valence-corrected chi connectivity index (χ0v) is 11.9. The smallest absolute Gasteiger partial charge is 0.161 e. The van der Waals surface area contributed by atoms with Crippen LogP contribution in [0.15, 0.2) is 0 Å². The lowest BCUT2D eigenvalue weighted by Crippen LogP contribution is -2.73. The Hall–Kier alpha value is -0.450. The van der Waals surface area contributed by atoms with Crippen LogP contribution in [-0.2, 0) is 9.53 Å². The lowest BCUT2D eigenvalue weighted by Gasteiger charge is -2.59. The van der Waals surface area contributed by atoms with Crippen molar-refractivity contribution in [3.05, 3.63) is 0 Å². The van der Waals surface area contributed by atoms with Crippen LogP contribution in [0.5, 0.6) is 0 Å². The fraction of sp³-hybridized carbons (Fsp3) is 0.929. The molecule has 4 nitrogen and oxygen atoms in total. The number of carbonyl (C=O) groups is 1. The number of hydrogen-bond donors (Lipinski definition) is 1. The number of Topliss-reactive ketones (excluding diaryl/α,β-unsaturated/α-hetero) is 1. The van der Waals surface area contributed by atoms with Gasteiger partial charge in [-0.3, -0.25) is 9.69 Å². The highest BCUT2D eigenvalue weighted by molar-refractivity contribution is 5.92. The van der Waals surface area contributed by atoms with E-state index in [0.717, 1.165) is 19.4 Å². The summed E-state index contributed by atoms with van der Waals surface area (Å²) in [5.74, 6) is 0.278. The maximum atomic E-state index is 12.5. The van der Waals surface area contributed by atoms with Gasteiger partial charge in [0.2, 0.25) is 0 Å². The first-order valence-electron chi connectivity index (χ1n) is 6.77. The van der Waals surface area contributed by atoms with Gasteiger partial charge in [0.15, 0.2) is 5.78 Å². The van der Waals surface area contributed by atoms with Gasteiger partial charge in [-0.2, -0.15) is 0 Å². The van der Waals surface area contributed by atoms with E-state index < -0.39 is 5.54 Å². The van der Waals surface area contributed by atoms with Crippen molar-refractivity contribution in [2.24, 2.45) is 11.3 Å². The molecule has 0 aromatic carbocycles. The molecule has 0 aliphatic carbocycles. The third kappa shape index (κ3) is 1.91. The Labute approximate surface area is 109 Å². The van der Waals surface area contributed by atoms with Crippen LogP contribution in [0.25, 0.3) is 0 Å². The van der Waals surface area contributed by atoms with Crippen LogP contribution in [0.4, 0.5) is 0 Å². The average Bonchev–Trinajstić information content (AvgIpc) is 2.32. The van der Waals surface area contributed by atoms with E-state index in [-0.39, 0.29) is 23.7 Å². The first-order valence-corrected chi connectivity index (χ1v) is 6.77. The third-order valence-corrected chi connectivity index (χ3v) is 4.63. The van der Waals surface area contributed by atoms with E-state index in [9.17, 15) is 9.90 Å². The number of nitrogens with zero attached hydrogens (tertiary/aromatic N) is 1. The number of hydrogen-bond acceptors (Lipinski definition) is 4. The normalized spacial score (nSPS) is 40.3. The molecule has 3 rings (SSSR count). The number of aliphatic hydroxyl groups excluding tert-OH is 1. The van der Waals surface area contributed by atoms with Crippen molar-refractivity contribution in [3.63, 3.8) is 0 Å². The monoisotopic (exact) mass is 255 g/mol. The van der Waals surface area contributed by atoms with Gasteiger partial charge in [0.05, 0.1) is 13.2 Å². The van der Waals surface area contributed by atoms with Gasteiger partial charge in [-0.25, -0.2) is 0 Å². The molecule has 0 aromatic heterocycles. The predicted molar refractivity (Wildman–Crippen MR) is 69.4 cm³/mol. The Morgan fingerprint density at radius 1 is 1.50 bits per heavy atom. The summed E-state index contributed by atoms with van der Waals surface area (Å²) in [7, 11) is 1.60. The van der Waals surface area contributed by atoms with Crippen LogP contribution in [-0.4, -0.2) is 54.2 Å². The minimum Gasteiger partial charge on any atom is -0.394 e. The molecule has 2 bridgehead atoms. The molecular weight excluding hydrogens is 230 g/mol. The first kappa shape index (κ1) is 14.0. The number of ketones is 1. The summed E-state index contributed by atoms with van der Waals surface area (Å²) in [6.07, 6.45) is 1.85. The molecule has 3 saturated heterocycles. The molecule has 0 spiro atoms. The van der Waals surface area contributed by atoms with Crippen LogP contribution in [0.1, 0.15) is 33.6 Å². The van der Waals surface area contributed by atoms with Gasteiger partial charge in [0.25, 0.3) is 0 Å². The second-order valence-electron chi connectivity index (χ2n) is 6.78. The topological polar surface area (TPSA) is 49.8 Å². The van der Waals surface area contributed by atoms with E-state index in [1.54, 1.807) is 7.11 Å². The van der Waals surface area contributed by atoms with E-state index in [0.29, 0.717) is 12.6 Å². The van der Waals surface area contributed by atoms with E-state index in [2.05, 4.69) is 25.7 Å². The Morgan fingerprint density at radius 3 is 2.67 bits per heavy atom. The molecule has 0 radical (unpaired) electrons. The fourth-order valence-corrected chi connectivity index (χ4v) is 3.67. The zero-order valence-electron chi connectivity index (χ0n) is 11.9. The highest BCUT2D eigenvalue weighted by Crippen LogP contribution is 2.45. The summed E-state index contributed by atoms with van der Waals surface area (Å²) in [5.41, 5.74) is -0.679. The van der Waals surface area contributed by atoms with E-state index in [4.69, 9.17) is 4.74 Å². The Bertz CT molecular complexity index is 336. The maximum absolute atomic E-state index is 12.5. The summed E-state index contributed by atoms with van der Waals surface area (Å²) < 4.78 is 5.24. The fourth-order valence-electron chi connectivity index (χ4n) is 3.67. The van der Waals surface area contributed by atoms with Gasteiger partial charge < -0.3 is 9.84 Å². The molecule has 1 N–H and O–H groups in total. The molecule has 3 aliphatic rings. The largest absolute Gasteiger partial charge is 0.394 e. The van der Waals surface area contributed by atoms with Gasteiger partial charge >= 0.3 is 0 Å². The number of ether oxygens (including phenoxy) is 1. The van der Waals surface area contributed by atoms with E-state index in [1.807, 2.05) is 0 Å². The molecule has 104 valence electrons. The van der Waals surface area contributed by atoms with Crippen LogP contribution in [0.3, 0.4) is 0 Å². The summed E-state index contributed by atoms with van der Waals surface area (Å²) in [4.78, 5) is 14.7. The molecule has 4 heteroatoms. The number of rotatable bonds is 3. The van der Waals surface area contributed by atoms with Gasteiger partial charge in [-0.1, -0.05) is 20.8 Å². The van der Waals surface area contributed by atoms with Crippen LogP contribution in [0, 0.1) is 11.3 Å². The molecule has 0 aromatic rings. The van der Waals surface area contributed by atoms with Gasteiger partial charge in [0, 0.05) is 25.6 Å². The Kier molecular flexibility index (Phi) is 3.56. The summed E-state index contributed by atoms with van der Waals surface area (Å²) in [5, 5.41) is 9.81. The lowest BCUT2D eigenvalue weighted by molar-refractivity contribution is -0.173. The second kappa shape index (κ2) is 4.58. The Balaban J connectivity index is 2.37. The average molecular weight is 255 g/mol. The van der Waals surface area contributed by atoms with Crippen LogP contribution in [0.2, 0.25) is 0 Å². The second-order valence-corrected chi connectivity index (χ2v) is 6.78. The van der Waals surface area contributed by atoms with Gasteiger partial charge in [-0.05, 0) is 18.3 Å². The molecule has 4 unspecified atom stereocenters. The lowest BCUT2D eigenvalue weighted by atomic mass is 9.65. The number of piperidine rings is 3. The van der Waals surface area contributed by atoms with Gasteiger partial charge in [0.1, 0.15) is 5.54 Å². The molecule has 3 aliphatic heterocycles. The van der Waals surface area contributed by atoms with Crippen molar-refractivity contribution in [2.75, 3.05) is 26.9 Å². The zero-order chi connectivity index (χ0) is 13.6. The maximum Gasteiger partial charge on any atom is 0.161 e. The number of aliphatic hydroxyl groups is 1. The highest BCUT2D eigenvalue weighted by Gasteiger charge is 2.58. The molecule has 0 amide bonds. The summed E-state index contributed by atoms with van der Waals surface area (Å²) >= 11 is 0. The third-order valence-electron chi connectivity index (χ3n) is 4.63. The van der Waals surface area contributed by atoms with Crippen molar-refractivity contribution in [1.82, 2.24) is 4.90 Å². The molecule has 0 saturated carbocycles. The Morgan fingerprint density at radius 2 is 2.17 bits per heavy atom. The molecular formula is C14H25NO3. The van der Waals surface area contributed by atoms with Crippen molar-refractivity contribution >= 4 is 5.78 Å². The van der Waals surface area contributed by atoms with Crippen LogP contribution >= 0.6 is 0 Å². The number of methoxy groups -OCH3 is 1. The quantitative estimate of drug-likeness (QED) is 0.819. The predicted octanol–water partition coefficient (Wildman–Crippen LogP) is 1.07. The standard InChI is InChI=1S/C14H25NO3/c1-13(2,3)11-7-10-5-6-15(11)14(8-16,9-18-4)12(10)17/h10-11,16H,5-9H2,1-4H3. The van der Waals surface area contributed by atoms with E-state index >= 15 is 0 Å². The highest BCUT2D eigenvalue weighted by atomic mass is 16.5. The van der Waals surface area contributed by atoms with Crippen molar-refractivity contribution in [2.45, 2.75) is 45.2 Å². The van der Waals surface area contributed by atoms with Crippen molar-refractivity contribution in [3.8, 4) is 0 Å². The molecule has 18 heavy (non-hydrogen) atoms. The number of fused-ring (bicyclic) bond motifs is 3. The van der Waals surface area contributed by atoms with Crippen molar-refractivity contribution in [1.29, 1.82) is 0 Å². The van der Waals surface area contributed by atoms with Gasteiger partial charge in [-0.15, -0.1) is 0 Å². The molecule has 4 atom stereocenters. The number of carbonyl (C=O) groups excluding carboxylic acids is 1. The molecule has 3 fully saturated rings. The SMILES string of the molecule is COCC1(CO)C(=O)C2CCN1C(C(C)(C)C)C2. The molecule has 3 heterocycles.